The number of nitrogens with one attached hydrogen (secondary N) is 1. The number of esters is 1. The van der Waals surface area contributed by atoms with Crippen LogP contribution in [0, 0.1) is 23.2 Å². The summed E-state index contributed by atoms with van der Waals surface area (Å²) in [6.45, 7) is 7.45. The highest BCUT2D eigenvalue weighted by Crippen LogP contribution is 2.59. The number of hydrogen-bond donors (Lipinski definition) is 2. The molecule has 0 bridgehead atoms. The molecule has 5 atom stereocenters. The van der Waals surface area contributed by atoms with Crippen LogP contribution in [0.25, 0.3) is 0 Å². The second-order valence-electron chi connectivity index (χ2n) is 7.88. The highest BCUT2D eigenvalue weighted by atomic mass is 16.7. The fraction of sp³-hybridized carbons (Fsp3) is 0.750. The summed E-state index contributed by atoms with van der Waals surface area (Å²) in [5.74, 6) is -0.869. The number of hydrogen-bond acceptors (Lipinski definition) is 5. The number of carboxylic acids is 1. The van der Waals surface area contributed by atoms with Gasteiger partial charge in [-0.3, -0.25) is 9.59 Å². The quantitative estimate of drug-likeness (QED) is 0.360. The van der Waals surface area contributed by atoms with E-state index in [1.807, 2.05) is 6.92 Å². The molecule has 0 spiro atoms. The van der Waals surface area contributed by atoms with Crippen molar-refractivity contribution < 1.29 is 29.0 Å². The summed E-state index contributed by atoms with van der Waals surface area (Å²) in [5.41, 5.74) is 0.897. The maximum absolute atomic E-state index is 12.1. The van der Waals surface area contributed by atoms with E-state index in [1.54, 1.807) is 6.92 Å². The number of amides is 1. The van der Waals surface area contributed by atoms with Gasteiger partial charge in [0, 0.05) is 18.9 Å². The van der Waals surface area contributed by atoms with Crippen molar-refractivity contribution in [3.8, 4) is 0 Å². The standard InChI is InChI=1S/C20H31NO6/c1-5-12(3)18(24)26-13(4)27-19(25)21-11-20(10-17(22)23)9-15-7-14(6-2)8-16(15)20/h8,12-13,15-16H,5-7,9-11H2,1-4H3,(H,21,25)(H,22,23)/t12?,13-,15-,16-,20-/m1/s1. The van der Waals surface area contributed by atoms with Gasteiger partial charge in [-0.25, -0.2) is 4.79 Å². The number of carbonyl (C=O) groups excluding carboxylic acids is 2. The van der Waals surface area contributed by atoms with Crippen molar-refractivity contribution in [2.75, 3.05) is 6.54 Å². The van der Waals surface area contributed by atoms with Gasteiger partial charge in [0.15, 0.2) is 0 Å². The molecule has 1 unspecified atom stereocenters. The van der Waals surface area contributed by atoms with Crippen LogP contribution in [0.5, 0.6) is 0 Å². The summed E-state index contributed by atoms with van der Waals surface area (Å²) in [6, 6.07) is 0. The predicted octanol–water partition coefficient (Wildman–Crippen LogP) is 3.49. The van der Waals surface area contributed by atoms with Crippen LogP contribution in [-0.4, -0.2) is 36.0 Å². The first-order valence-electron chi connectivity index (χ1n) is 9.77. The van der Waals surface area contributed by atoms with Crippen molar-refractivity contribution in [1.82, 2.24) is 5.32 Å². The van der Waals surface area contributed by atoms with Gasteiger partial charge >= 0.3 is 18.0 Å². The van der Waals surface area contributed by atoms with Crippen LogP contribution in [0.1, 0.15) is 59.8 Å². The Hall–Kier alpha value is -2.05. The van der Waals surface area contributed by atoms with Crippen molar-refractivity contribution in [1.29, 1.82) is 0 Å². The van der Waals surface area contributed by atoms with Gasteiger partial charge in [-0.15, -0.1) is 0 Å². The zero-order valence-corrected chi connectivity index (χ0v) is 16.6. The van der Waals surface area contributed by atoms with Crippen molar-refractivity contribution in [3.05, 3.63) is 11.6 Å². The van der Waals surface area contributed by atoms with Gasteiger partial charge in [0.1, 0.15) is 0 Å². The van der Waals surface area contributed by atoms with E-state index < -0.39 is 29.7 Å². The van der Waals surface area contributed by atoms with Crippen molar-refractivity contribution in [2.45, 2.75) is 66.1 Å². The summed E-state index contributed by atoms with van der Waals surface area (Å²) in [6.07, 6.45) is 3.94. The van der Waals surface area contributed by atoms with Crippen LogP contribution in [0.2, 0.25) is 0 Å². The Bertz CT molecular complexity index is 616. The zero-order valence-electron chi connectivity index (χ0n) is 16.6. The summed E-state index contributed by atoms with van der Waals surface area (Å²) in [4.78, 5) is 35.2. The summed E-state index contributed by atoms with van der Waals surface area (Å²) in [5, 5.41) is 12.0. The fourth-order valence-electron chi connectivity index (χ4n) is 4.21. The third-order valence-corrected chi connectivity index (χ3v) is 5.94. The van der Waals surface area contributed by atoms with Crippen LogP contribution < -0.4 is 5.32 Å². The molecule has 2 aliphatic carbocycles. The minimum Gasteiger partial charge on any atom is -0.481 e. The maximum atomic E-state index is 12.1. The molecule has 0 aromatic heterocycles. The van der Waals surface area contributed by atoms with E-state index in [4.69, 9.17) is 9.47 Å². The zero-order chi connectivity index (χ0) is 20.2. The smallest absolute Gasteiger partial charge is 0.410 e. The molecule has 152 valence electrons. The molecule has 2 aliphatic rings. The van der Waals surface area contributed by atoms with Crippen molar-refractivity contribution >= 4 is 18.0 Å². The Morgan fingerprint density at radius 3 is 2.59 bits per heavy atom. The molecule has 0 saturated heterocycles. The molecule has 0 radical (unpaired) electrons. The minimum absolute atomic E-state index is 0.0144. The number of allylic oxidation sites excluding steroid dienone is 2. The SMILES string of the molecule is CCC1=C[C@@H]2[C@H](C1)C[C@]2(CNC(=O)O[C@H](C)OC(=O)C(C)CC)CC(=O)O. The van der Waals surface area contributed by atoms with Crippen molar-refractivity contribution in [3.63, 3.8) is 0 Å². The van der Waals surface area contributed by atoms with Gasteiger partial charge in [0.05, 0.1) is 12.3 Å². The van der Waals surface area contributed by atoms with E-state index in [2.05, 4.69) is 18.3 Å². The number of alkyl carbamates (subject to hydrolysis) is 1. The van der Waals surface area contributed by atoms with Crippen LogP contribution in [-0.2, 0) is 19.1 Å². The van der Waals surface area contributed by atoms with E-state index in [0.717, 1.165) is 19.3 Å². The molecule has 1 saturated carbocycles. The lowest BCUT2D eigenvalue weighted by Gasteiger charge is -2.51. The molecule has 27 heavy (non-hydrogen) atoms. The Balaban J connectivity index is 1.88. The van der Waals surface area contributed by atoms with Crippen LogP contribution in [0.3, 0.4) is 0 Å². The first-order chi connectivity index (χ1) is 12.7. The molecule has 0 aliphatic heterocycles. The first kappa shape index (κ1) is 21.3. The average molecular weight is 381 g/mol. The van der Waals surface area contributed by atoms with Gasteiger partial charge in [0.2, 0.25) is 6.29 Å². The molecule has 0 aromatic carbocycles. The second kappa shape index (κ2) is 8.76. The van der Waals surface area contributed by atoms with Crippen LogP contribution in [0.15, 0.2) is 11.6 Å². The van der Waals surface area contributed by atoms with Gasteiger partial charge < -0.3 is 19.9 Å². The number of rotatable bonds is 9. The Morgan fingerprint density at radius 1 is 1.30 bits per heavy atom. The molecular formula is C20H31NO6. The number of carbonyl (C=O) groups is 3. The van der Waals surface area contributed by atoms with Crippen LogP contribution in [0.4, 0.5) is 4.79 Å². The molecule has 0 heterocycles. The lowest BCUT2D eigenvalue weighted by molar-refractivity contribution is -0.169. The molecule has 1 amide bonds. The topological polar surface area (TPSA) is 102 Å². The molecule has 2 N–H and O–H groups in total. The monoisotopic (exact) mass is 381 g/mol. The van der Waals surface area contributed by atoms with E-state index >= 15 is 0 Å². The van der Waals surface area contributed by atoms with E-state index in [9.17, 15) is 19.5 Å². The lowest BCUT2D eigenvalue weighted by Crippen LogP contribution is -2.53. The highest BCUT2D eigenvalue weighted by molar-refractivity contribution is 5.72. The van der Waals surface area contributed by atoms with E-state index in [1.165, 1.54) is 12.5 Å². The summed E-state index contributed by atoms with van der Waals surface area (Å²) in [7, 11) is 0. The molecule has 0 aromatic rings. The second-order valence-corrected chi connectivity index (χ2v) is 7.88. The first-order valence-corrected chi connectivity index (χ1v) is 9.77. The van der Waals surface area contributed by atoms with Gasteiger partial charge in [-0.2, -0.15) is 0 Å². The summed E-state index contributed by atoms with van der Waals surface area (Å²) >= 11 is 0. The number of aliphatic carboxylic acids is 1. The Labute approximate surface area is 160 Å². The molecule has 1 fully saturated rings. The molecule has 7 nitrogen and oxygen atoms in total. The molecular weight excluding hydrogens is 350 g/mol. The molecule has 2 rings (SSSR count). The fourth-order valence-corrected chi connectivity index (χ4v) is 4.21. The normalized spacial score (nSPS) is 28.2. The third-order valence-electron chi connectivity index (χ3n) is 5.94. The number of fused-ring (bicyclic) bond motifs is 1. The van der Waals surface area contributed by atoms with Gasteiger partial charge in [0.25, 0.3) is 0 Å². The number of ether oxygens (including phenoxy) is 2. The average Bonchev–Trinajstić information content (AvgIpc) is 2.95. The van der Waals surface area contributed by atoms with Crippen LogP contribution >= 0.6 is 0 Å². The Morgan fingerprint density at radius 2 is 2.00 bits per heavy atom. The largest absolute Gasteiger partial charge is 0.481 e. The van der Waals surface area contributed by atoms with Gasteiger partial charge in [-0.05, 0) is 37.5 Å². The lowest BCUT2D eigenvalue weighted by atomic mass is 9.53. The maximum Gasteiger partial charge on any atom is 0.410 e. The third kappa shape index (κ3) is 5.02. The molecule has 7 heteroatoms. The highest BCUT2D eigenvalue weighted by Gasteiger charge is 2.55. The Kier molecular flexibility index (Phi) is 6.89. The van der Waals surface area contributed by atoms with Crippen molar-refractivity contribution in [2.24, 2.45) is 23.2 Å². The minimum atomic E-state index is -0.992. The predicted molar refractivity (Wildman–Crippen MR) is 98.8 cm³/mol. The van der Waals surface area contributed by atoms with E-state index in [-0.39, 0.29) is 24.8 Å². The summed E-state index contributed by atoms with van der Waals surface area (Å²) < 4.78 is 10.2. The van der Waals surface area contributed by atoms with E-state index in [0.29, 0.717) is 12.3 Å². The van der Waals surface area contributed by atoms with Gasteiger partial charge in [-0.1, -0.05) is 32.4 Å². The number of carboxylic acid groups (broad SMARTS) is 1.